The van der Waals surface area contributed by atoms with Gasteiger partial charge in [-0.1, -0.05) is 41.9 Å². The van der Waals surface area contributed by atoms with E-state index in [0.717, 1.165) is 11.1 Å². The third kappa shape index (κ3) is 2.53. The lowest BCUT2D eigenvalue weighted by atomic mass is 10.0. The Hall–Kier alpha value is -2.59. The second-order valence-corrected chi connectivity index (χ2v) is 4.96. The Bertz CT molecular complexity index is 766. The van der Waals surface area contributed by atoms with E-state index < -0.39 is 0 Å². The summed E-state index contributed by atoms with van der Waals surface area (Å²) < 4.78 is 0. The highest BCUT2D eigenvalue weighted by molar-refractivity contribution is 6.32. The molecule has 0 atom stereocenters. The number of carbonyl (C=O) groups is 1. The van der Waals surface area contributed by atoms with Crippen LogP contribution in [0.2, 0.25) is 5.02 Å². The van der Waals surface area contributed by atoms with Crippen molar-refractivity contribution in [1.82, 2.24) is 0 Å². The summed E-state index contributed by atoms with van der Waals surface area (Å²) in [5.74, 6) is -0.341. The monoisotopic (exact) mass is 297 g/mol. The summed E-state index contributed by atoms with van der Waals surface area (Å²) in [6.07, 6.45) is 1.20. The number of halogens is 1. The molecule has 4 nitrogen and oxygen atoms in total. The van der Waals surface area contributed by atoms with E-state index in [0.29, 0.717) is 16.4 Å². The van der Waals surface area contributed by atoms with Gasteiger partial charge in [0.05, 0.1) is 11.4 Å². The molecule has 0 saturated heterocycles. The number of nitrogens with zero attached hydrogens (tertiary/aromatic N) is 1. The first kappa shape index (κ1) is 13.4. The van der Waals surface area contributed by atoms with E-state index in [1.807, 2.05) is 30.3 Å². The van der Waals surface area contributed by atoms with Gasteiger partial charge in [0.1, 0.15) is 5.70 Å². The molecule has 104 valence electrons. The minimum atomic E-state index is -0.341. The number of nitrogens with one attached hydrogen (secondary N) is 1. The molecule has 3 rings (SSSR count). The zero-order valence-corrected chi connectivity index (χ0v) is 11.8. The van der Waals surface area contributed by atoms with Crippen LogP contribution >= 0.6 is 11.6 Å². The number of hydrogen-bond donors (Lipinski definition) is 2. The minimum Gasteiger partial charge on any atom is -0.403 e. The molecule has 1 heterocycles. The van der Waals surface area contributed by atoms with Gasteiger partial charge in [0, 0.05) is 22.3 Å². The molecule has 1 aliphatic rings. The van der Waals surface area contributed by atoms with Crippen LogP contribution in [-0.2, 0) is 4.79 Å². The number of benzene rings is 2. The molecular formula is C16H12ClN3O. The highest BCUT2D eigenvalue weighted by Gasteiger charge is 2.21. The predicted molar refractivity (Wildman–Crippen MR) is 84.4 cm³/mol. The second-order valence-electron chi connectivity index (χ2n) is 4.52. The van der Waals surface area contributed by atoms with Gasteiger partial charge >= 0.3 is 0 Å². The Morgan fingerprint density at radius 1 is 1.14 bits per heavy atom. The molecule has 0 aliphatic carbocycles. The standard InChI is InChI=1S/C16H12ClN3O/c17-11-6-7-13-12(8-11)15(10-4-2-1-3-5-10)19-14(9-18)16(21)20-13/h1-9H,18H2,(H,20,21). The van der Waals surface area contributed by atoms with Crippen molar-refractivity contribution in [1.29, 1.82) is 0 Å². The van der Waals surface area contributed by atoms with Crippen molar-refractivity contribution < 1.29 is 4.79 Å². The van der Waals surface area contributed by atoms with Crippen LogP contribution < -0.4 is 11.1 Å². The number of rotatable bonds is 1. The van der Waals surface area contributed by atoms with Crippen molar-refractivity contribution in [2.24, 2.45) is 10.7 Å². The second kappa shape index (κ2) is 5.42. The summed E-state index contributed by atoms with van der Waals surface area (Å²) >= 11 is 6.08. The first-order valence-corrected chi connectivity index (χ1v) is 6.74. The maximum absolute atomic E-state index is 12.1. The molecule has 0 saturated carbocycles. The molecule has 3 N–H and O–H groups in total. The van der Waals surface area contributed by atoms with E-state index in [9.17, 15) is 4.79 Å². The lowest BCUT2D eigenvalue weighted by Crippen LogP contribution is -2.13. The van der Waals surface area contributed by atoms with Crippen LogP contribution in [0.4, 0.5) is 5.69 Å². The van der Waals surface area contributed by atoms with Crippen LogP contribution in [0.25, 0.3) is 0 Å². The van der Waals surface area contributed by atoms with E-state index in [1.165, 1.54) is 6.20 Å². The molecule has 21 heavy (non-hydrogen) atoms. The molecule has 0 bridgehead atoms. The number of fused-ring (bicyclic) bond motifs is 1. The Morgan fingerprint density at radius 3 is 2.62 bits per heavy atom. The van der Waals surface area contributed by atoms with Crippen LogP contribution in [0.15, 0.2) is 65.4 Å². The van der Waals surface area contributed by atoms with Crippen LogP contribution in [0.5, 0.6) is 0 Å². The predicted octanol–water partition coefficient (Wildman–Crippen LogP) is 2.93. The zero-order chi connectivity index (χ0) is 14.8. The van der Waals surface area contributed by atoms with Crippen molar-refractivity contribution in [3.63, 3.8) is 0 Å². The van der Waals surface area contributed by atoms with E-state index in [2.05, 4.69) is 10.3 Å². The van der Waals surface area contributed by atoms with Gasteiger partial charge in [0.25, 0.3) is 5.91 Å². The van der Waals surface area contributed by atoms with Crippen LogP contribution in [0.1, 0.15) is 11.1 Å². The third-order valence-electron chi connectivity index (χ3n) is 3.15. The molecule has 2 aromatic carbocycles. The van der Waals surface area contributed by atoms with Gasteiger partial charge in [-0.15, -0.1) is 0 Å². The van der Waals surface area contributed by atoms with Crippen molar-refractivity contribution in [3.05, 3.63) is 76.6 Å². The normalized spacial score (nSPS) is 16.0. The number of hydrogen-bond acceptors (Lipinski definition) is 3. The van der Waals surface area contributed by atoms with Crippen molar-refractivity contribution in [2.75, 3.05) is 5.32 Å². The topological polar surface area (TPSA) is 67.5 Å². The molecule has 0 unspecified atom stereocenters. The number of benzodiazepines with no additional fused rings is 1. The molecule has 0 aromatic heterocycles. The number of carbonyl (C=O) groups excluding carboxylic acids is 1. The van der Waals surface area contributed by atoms with Gasteiger partial charge in [-0.3, -0.25) is 4.79 Å². The molecule has 5 heteroatoms. The molecule has 0 fully saturated rings. The first-order chi connectivity index (χ1) is 10.2. The maximum Gasteiger partial charge on any atom is 0.275 e. The summed E-state index contributed by atoms with van der Waals surface area (Å²) in [6, 6.07) is 14.8. The number of amides is 1. The fourth-order valence-corrected chi connectivity index (χ4v) is 2.34. The fourth-order valence-electron chi connectivity index (χ4n) is 2.17. The molecule has 0 spiro atoms. The summed E-state index contributed by atoms with van der Waals surface area (Å²) in [5, 5.41) is 3.37. The number of aliphatic imine (C=N–C) groups is 1. The molecular weight excluding hydrogens is 286 g/mol. The first-order valence-electron chi connectivity index (χ1n) is 6.36. The Balaban J connectivity index is 2.28. The maximum atomic E-state index is 12.1. The summed E-state index contributed by atoms with van der Waals surface area (Å²) in [4.78, 5) is 16.5. The summed E-state index contributed by atoms with van der Waals surface area (Å²) in [6.45, 7) is 0. The van der Waals surface area contributed by atoms with E-state index in [4.69, 9.17) is 17.3 Å². The Kier molecular flexibility index (Phi) is 3.46. The van der Waals surface area contributed by atoms with Gasteiger partial charge in [-0.05, 0) is 18.2 Å². The van der Waals surface area contributed by atoms with Gasteiger partial charge in [0.15, 0.2) is 0 Å². The van der Waals surface area contributed by atoms with Crippen LogP contribution in [0, 0.1) is 0 Å². The highest BCUT2D eigenvalue weighted by atomic mass is 35.5. The highest BCUT2D eigenvalue weighted by Crippen LogP contribution is 2.27. The average Bonchev–Trinajstić information content (AvgIpc) is 2.64. The lowest BCUT2D eigenvalue weighted by Gasteiger charge is -2.10. The van der Waals surface area contributed by atoms with Crippen molar-refractivity contribution in [2.45, 2.75) is 0 Å². The smallest absolute Gasteiger partial charge is 0.275 e. The molecule has 0 radical (unpaired) electrons. The van der Waals surface area contributed by atoms with Crippen LogP contribution in [0.3, 0.4) is 0 Å². The number of nitrogens with two attached hydrogens (primary N) is 1. The van der Waals surface area contributed by atoms with E-state index in [-0.39, 0.29) is 11.6 Å². The van der Waals surface area contributed by atoms with E-state index >= 15 is 0 Å². The van der Waals surface area contributed by atoms with Crippen molar-refractivity contribution in [3.8, 4) is 0 Å². The Labute approximate surface area is 127 Å². The van der Waals surface area contributed by atoms with Crippen molar-refractivity contribution >= 4 is 28.9 Å². The van der Waals surface area contributed by atoms with Crippen LogP contribution in [-0.4, -0.2) is 11.6 Å². The SMILES string of the molecule is NC=C1N=C(c2ccccc2)c2cc(Cl)ccc2NC1=O. The fraction of sp³-hybridized carbons (Fsp3) is 0. The summed E-state index contributed by atoms with van der Waals surface area (Å²) in [7, 11) is 0. The van der Waals surface area contributed by atoms with Gasteiger partial charge in [0.2, 0.25) is 0 Å². The van der Waals surface area contributed by atoms with Gasteiger partial charge in [-0.2, -0.15) is 0 Å². The van der Waals surface area contributed by atoms with Gasteiger partial charge < -0.3 is 11.1 Å². The average molecular weight is 298 g/mol. The quantitative estimate of drug-likeness (QED) is 0.795. The minimum absolute atomic E-state index is 0.168. The molecule has 2 aromatic rings. The largest absolute Gasteiger partial charge is 0.403 e. The third-order valence-corrected chi connectivity index (χ3v) is 3.39. The molecule has 1 aliphatic heterocycles. The lowest BCUT2D eigenvalue weighted by molar-refractivity contribution is -0.112. The Morgan fingerprint density at radius 2 is 1.90 bits per heavy atom. The molecule has 1 amide bonds. The van der Waals surface area contributed by atoms with Gasteiger partial charge in [-0.25, -0.2) is 4.99 Å². The van der Waals surface area contributed by atoms with E-state index in [1.54, 1.807) is 18.2 Å². The summed E-state index contributed by atoms with van der Waals surface area (Å²) in [5.41, 5.74) is 8.64. The number of anilines is 1. The zero-order valence-electron chi connectivity index (χ0n) is 11.0.